The van der Waals surface area contributed by atoms with Crippen LogP contribution in [0.15, 0.2) is 11.8 Å². The summed E-state index contributed by atoms with van der Waals surface area (Å²) in [6.45, 7) is 2.62. The first kappa shape index (κ1) is 10.8. The Labute approximate surface area is 83.3 Å². The lowest BCUT2D eigenvalue weighted by Crippen LogP contribution is -2.10. The van der Waals surface area contributed by atoms with Crippen LogP contribution >= 0.6 is 0 Å². The molecule has 0 bridgehead atoms. The van der Waals surface area contributed by atoms with Crippen molar-refractivity contribution in [2.45, 2.75) is 26.2 Å². The van der Waals surface area contributed by atoms with E-state index >= 15 is 0 Å². The van der Waals surface area contributed by atoms with Crippen molar-refractivity contribution in [3.63, 3.8) is 0 Å². The molecule has 14 heavy (non-hydrogen) atoms. The minimum absolute atomic E-state index is 0.128. The lowest BCUT2D eigenvalue weighted by molar-refractivity contribution is -0.144. The maximum Gasteiger partial charge on any atom is 0.313 e. The Balaban J connectivity index is 2.16. The summed E-state index contributed by atoms with van der Waals surface area (Å²) in [5.74, 6) is -0.617. The number of ether oxygens (including phenoxy) is 1. The van der Waals surface area contributed by atoms with Crippen molar-refractivity contribution in [3.8, 4) is 0 Å². The third-order valence-corrected chi connectivity index (χ3v) is 1.94. The number of Topliss-reactive ketones (excluding diaryl/α,β-unsaturated/α-hetero) is 1. The first-order valence-electron chi connectivity index (χ1n) is 4.76. The van der Waals surface area contributed by atoms with E-state index in [-0.39, 0.29) is 18.8 Å². The van der Waals surface area contributed by atoms with E-state index < -0.39 is 5.97 Å². The average Bonchev–Trinajstić information content (AvgIpc) is 2.55. The number of hydrogen-bond donors (Lipinski definition) is 1. The van der Waals surface area contributed by atoms with Crippen LogP contribution in [0.3, 0.4) is 0 Å². The Kier molecular flexibility index (Phi) is 4.16. The molecule has 1 aliphatic rings. The van der Waals surface area contributed by atoms with Gasteiger partial charge in [-0.25, -0.2) is 0 Å². The number of esters is 1. The first-order chi connectivity index (χ1) is 6.68. The van der Waals surface area contributed by atoms with Crippen LogP contribution in [0.2, 0.25) is 0 Å². The molecule has 4 nitrogen and oxygen atoms in total. The zero-order chi connectivity index (χ0) is 10.4. The highest BCUT2D eigenvalue weighted by atomic mass is 16.5. The van der Waals surface area contributed by atoms with Crippen molar-refractivity contribution in [1.82, 2.24) is 5.32 Å². The van der Waals surface area contributed by atoms with Crippen molar-refractivity contribution >= 4 is 11.8 Å². The van der Waals surface area contributed by atoms with Crippen molar-refractivity contribution < 1.29 is 14.3 Å². The fourth-order valence-electron chi connectivity index (χ4n) is 1.28. The van der Waals surface area contributed by atoms with Gasteiger partial charge in [0.15, 0.2) is 0 Å². The molecule has 0 saturated carbocycles. The van der Waals surface area contributed by atoms with Gasteiger partial charge in [0.1, 0.15) is 18.8 Å². The average molecular weight is 197 g/mol. The van der Waals surface area contributed by atoms with Crippen molar-refractivity contribution in [2.24, 2.45) is 0 Å². The maximum absolute atomic E-state index is 10.9. The van der Waals surface area contributed by atoms with Gasteiger partial charge < -0.3 is 10.1 Å². The standard InChI is InChI=1S/C10H15NO3/c1-8(12)7-10(13)14-6-4-9-3-2-5-11-9/h4,11H,2-3,5-7H2,1H3/b9-4+. The number of allylic oxidation sites excluding steroid dienone is 1. The molecule has 78 valence electrons. The van der Waals surface area contributed by atoms with E-state index in [0.29, 0.717) is 0 Å². The monoisotopic (exact) mass is 197 g/mol. The summed E-state index contributed by atoms with van der Waals surface area (Å²) >= 11 is 0. The first-order valence-corrected chi connectivity index (χ1v) is 4.76. The predicted molar refractivity (Wildman–Crippen MR) is 51.6 cm³/mol. The number of carbonyl (C=O) groups excluding carboxylic acids is 2. The number of ketones is 1. The second-order valence-electron chi connectivity index (χ2n) is 3.32. The Hall–Kier alpha value is -1.32. The van der Waals surface area contributed by atoms with Gasteiger partial charge in [-0.15, -0.1) is 0 Å². The molecule has 0 amide bonds. The van der Waals surface area contributed by atoms with E-state index in [0.717, 1.165) is 25.1 Å². The summed E-state index contributed by atoms with van der Waals surface area (Å²) in [7, 11) is 0. The van der Waals surface area contributed by atoms with Gasteiger partial charge in [-0.05, 0) is 25.8 Å². The molecule has 0 aromatic rings. The van der Waals surface area contributed by atoms with Crippen LogP contribution in [0.4, 0.5) is 0 Å². The van der Waals surface area contributed by atoms with Crippen molar-refractivity contribution in [1.29, 1.82) is 0 Å². The molecule has 4 heteroatoms. The van der Waals surface area contributed by atoms with Gasteiger partial charge >= 0.3 is 5.97 Å². The number of rotatable bonds is 4. The van der Waals surface area contributed by atoms with E-state index in [1.807, 2.05) is 6.08 Å². The van der Waals surface area contributed by atoms with Gasteiger partial charge in [0.25, 0.3) is 0 Å². The molecule has 0 unspecified atom stereocenters. The minimum atomic E-state index is -0.452. The highest BCUT2D eigenvalue weighted by Gasteiger charge is 2.07. The molecule has 1 rings (SSSR count). The van der Waals surface area contributed by atoms with Crippen LogP contribution in [-0.4, -0.2) is 24.9 Å². The summed E-state index contributed by atoms with van der Waals surface area (Å²) in [4.78, 5) is 21.5. The molecular formula is C10H15NO3. The maximum atomic E-state index is 10.9. The zero-order valence-corrected chi connectivity index (χ0v) is 8.34. The van der Waals surface area contributed by atoms with Crippen LogP contribution < -0.4 is 5.32 Å². The molecule has 0 spiro atoms. The highest BCUT2D eigenvalue weighted by Crippen LogP contribution is 2.07. The molecule has 0 atom stereocenters. The van der Waals surface area contributed by atoms with Gasteiger partial charge in [-0.1, -0.05) is 0 Å². The number of hydrogen-bond acceptors (Lipinski definition) is 4. The molecule has 0 aromatic heterocycles. The molecular weight excluding hydrogens is 182 g/mol. The smallest absolute Gasteiger partial charge is 0.313 e. The van der Waals surface area contributed by atoms with Crippen LogP contribution in [0.25, 0.3) is 0 Å². The summed E-state index contributed by atoms with van der Waals surface area (Å²) in [5.41, 5.74) is 1.13. The quantitative estimate of drug-likeness (QED) is 0.534. The summed E-state index contributed by atoms with van der Waals surface area (Å²) in [5, 5.41) is 3.17. The second kappa shape index (κ2) is 5.42. The van der Waals surface area contributed by atoms with Crippen LogP contribution in [0.1, 0.15) is 26.2 Å². The Morgan fingerprint density at radius 1 is 1.57 bits per heavy atom. The zero-order valence-electron chi connectivity index (χ0n) is 8.34. The van der Waals surface area contributed by atoms with Crippen molar-refractivity contribution in [3.05, 3.63) is 11.8 Å². The normalized spacial score (nSPS) is 17.9. The minimum Gasteiger partial charge on any atom is -0.461 e. The topological polar surface area (TPSA) is 55.4 Å². The van der Waals surface area contributed by atoms with Gasteiger partial charge in [0, 0.05) is 12.2 Å². The van der Waals surface area contributed by atoms with Gasteiger partial charge in [-0.3, -0.25) is 9.59 Å². The van der Waals surface area contributed by atoms with E-state index in [1.54, 1.807) is 0 Å². The summed E-state index contributed by atoms with van der Waals surface area (Å²) in [6.07, 6.45) is 3.87. The van der Waals surface area contributed by atoms with Crippen LogP contribution in [0, 0.1) is 0 Å². The van der Waals surface area contributed by atoms with E-state index in [2.05, 4.69) is 5.32 Å². The third-order valence-electron chi connectivity index (χ3n) is 1.94. The molecule has 1 N–H and O–H groups in total. The molecule has 0 radical (unpaired) electrons. The van der Waals surface area contributed by atoms with Gasteiger partial charge in [-0.2, -0.15) is 0 Å². The molecule has 1 fully saturated rings. The lowest BCUT2D eigenvalue weighted by Gasteiger charge is -2.01. The Morgan fingerprint density at radius 3 is 2.93 bits per heavy atom. The number of carbonyl (C=O) groups is 2. The molecule has 0 aromatic carbocycles. The molecule has 1 saturated heterocycles. The van der Waals surface area contributed by atoms with E-state index in [1.165, 1.54) is 6.92 Å². The SMILES string of the molecule is CC(=O)CC(=O)OC/C=C1\CCCN1. The number of nitrogens with one attached hydrogen (secondary N) is 1. The summed E-state index contributed by atoms with van der Waals surface area (Å²) < 4.78 is 4.84. The summed E-state index contributed by atoms with van der Waals surface area (Å²) in [6, 6.07) is 0. The Morgan fingerprint density at radius 2 is 2.36 bits per heavy atom. The fourth-order valence-corrected chi connectivity index (χ4v) is 1.28. The predicted octanol–water partition coefficient (Wildman–Crippen LogP) is 0.776. The second-order valence-corrected chi connectivity index (χ2v) is 3.32. The largest absolute Gasteiger partial charge is 0.461 e. The molecule has 1 heterocycles. The Bertz CT molecular complexity index is 250. The van der Waals surface area contributed by atoms with Gasteiger partial charge in [0.05, 0.1) is 0 Å². The highest BCUT2D eigenvalue weighted by molar-refractivity contribution is 5.94. The third kappa shape index (κ3) is 4.07. The van der Waals surface area contributed by atoms with Gasteiger partial charge in [0.2, 0.25) is 0 Å². The fraction of sp³-hybridized carbons (Fsp3) is 0.600. The van der Waals surface area contributed by atoms with Crippen LogP contribution in [0.5, 0.6) is 0 Å². The lowest BCUT2D eigenvalue weighted by atomic mass is 10.3. The van der Waals surface area contributed by atoms with Crippen LogP contribution in [-0.2, 0) is 14.3 Å². The van der Waals surface area contributed by atoms with E-state index in [4.69, 9.17) is 4.74 Å². The molecule has 0 aliphatic carbocycles. The van der Waals surface area contributed by atoms with E-state index in [9.17, 15) is 9.59 Å². The molecule has 1 aliphatic heterocycles. The van der Waals surface area contributed by atoms with Crippen molar-refractivity contribution in [2.75, 3.05) is 13.2 Å².